The molecule has 7 heteroatoms. The fourth-order valence-electron chi connectivity index (χ4n) is 1.45. The van der Waals surface area contributed by atoms with Crippen molar-refractivity contribution in [2.45, 2.75) is 19.8 Å². The summed E-state index contributed by atoms with van der Waals surface area (Å²) in [5.41, 5.74) is 2.37. The number of hydrogen-bond donors (Lipinski definition) is 2. The van der Waals surface area contributed by atoms with Gasteiger partial charge in [-0.1, -0.05) is 13.3 Å². The standard InChI is InChI=1S/C10H17N5O2/c1-3-4-7-14(2)10-8(15(16)17)5-6-9(12-10)13-11/h5-6H,3-4,7,11H2,1-2H3,(H,12,13). The second kappa shape index (κ2) is 6.00. The van der Waals surface area contributed by atoms with Crippen molar-refractivity contribution in [3.8, 4) is 0 Å². The minimum absolute atomic E-state index is 0.0115. The first-order valence-corrected chi connectivity index (χ1v) is 5.43. The van der Waals surface area contributed by atoms with E-state index in [0.29, 0.717) is 11.6 Å². The van der Waals surface area contributed by atoms with E-state index in [4.69, 9.17) is 5.84 Å². The number of nitrogens with two attached hydrogens (primary N) is 1. The van der Waals surface area contributed by atoms with E-state index in [1.807, 2.05) is 0 Å². The maximum absolute atomic E-state index is 10.9. The Kier molecular flexibility index (Phi) is 4.65. The van der Waals surface area contributed by atoms with Crippen molar-refractivity contribution < 1.29 is 4.92 Å². The summed E-state index contributed by atoms with van der Waals surface area (Å²) in [6, 6.07) is 2.88. The monoisotopic (exact) mass is 239 g/mol. The van der Waals surface area contributed by atoms with Crippen LogP contribution in [-0.4, -0.2) is 23.5 Å². The summed E-state index contributed by atoms with van der Waals surface area (Å²) >= 11 is 0. The third-order valence-electron chi connectivity index (χ3n) is 2.41. The van der Waals surface area contributed by atoms with Crippen LogP contribution in [0.15, 0.2) is 12.1 Å². The highest BCUT2D eigenvalue weighted by atomic mass is 16.6. The molecule has 0 radical (unpaired) electrons. The Morgan fingerprint density at radius 3 is 2.82 bits per heavy atom. The number of hydrazine groups is 1. The van der Waals surface area contributed by atoms with Crippen LogP contribution >= 0.6 is 0 Å². The summed E-state index contributed by atoms with van der Waals surface area (Å²) in [6.45, 7) is 2.78. The Balaban J connectivity index is 3.03. The number of pyridine rings is 1. The minimum atomic E-state index is -0.439. The second-order valence-electron chi connectivity index (χ2n) is 3.72. The lowest BCUT2D eigenvalue weighted by atomic mass is 10.3. The van der Waals surface area contributed by atoms with E-state index in [2.05, 4.69) is 17.3 Å². The van der Waals surface area contributed by atoms with Crippen LogP contribution in [-0.2, 0) is 0 Å². The van der Waals surface area contributed by atoms with Gasteiger partial charge >= 0.3 is 5.69 Å². The van der Waals surface area contributed by atoms with Crippen LogP contribution in [0.4, 0.5) is 17.3 Å². The van der Waals surface area contributed by atoms with Crippen molar-refractivity contribution in [2.24, 2.45) is 5.84 Å². The Morgan fingerprint density at radius 2 is 2.29 bits per heavy atom. The maximum Gasteiger partial charge on any atom is 0.311 e. The van der Waals surface area contributed by atoms with Gasteiger partial charge in [0, 0.05) is 19.7 Å². The van der Waals surface area contributed by atoms with Gasteiger partial charge < -0.3 is 10.3 Å². The van der Waals surface area contributed by atoms with E-state index in [-0.39, 0.29) is 5.69 Å². The van der Waals surface area contributed by atoms with Crippen LogP contribution in [0.1, 0.15) is 19.8 Å². The fourth-order valence-corrected chi connectivity index (χ4v) is 1.45. The molecule has 1 heterocycles. The molecule has 0 saturated carbocycles. The number of nitrogens with one attached hydrogen (secondary N) is 1. The Morgan fingerprint density at radius 1 is 1.59 bits per heavy atom. The molecule has 3 N–H and O–H groups in total. The molecule has 0 aliphatic rings. The van der Waals surface area contributed by atoms with Gasteiger partial charge in [0.25, 0.3) is 0 Å². The number of nitrogen functional groups attached to an aromatic ring is 1. The highest BCUT2D eigenvalue weighted by molar-refractivity contribution is 5.61. The van der Waals surface area contributed by atoms with E-state index in [1.165, 1.54) is 12.1 Å². The third-order valence-corrected chi connectivity index (χ3v) is 2.41. The summed E-state index contributed by atoms with van der Waals surface area (Å²) in [5.74, 6) is 5.99. The van der Waals surface area contributed by atoms with Gasteiger partial charge in [-0.15, -0.1) is 0 Å². The van der Waals surface area contributed by atoms with Gasteiger partial charge in [0.1, 0.15) is 5.82 Å². The van der Waals surface area contributed by atoms with Crippen LogP contribution in [0.2, 0.25) is 0 Å². The Bertz CT molecular complexity index is 396. The van der Waals surface area contributed by atoms with Crippen molar-refractivity contribution in [1.29, 1.82) is 0 Å². The average Bonchev–Trinajstić information content (AvgIpc) is 2.34. The lowest BCUT2D eigenvalue weighted by molar-refractivity contribution is -0.384. The molecular formula is C10H17N5O2. The SMILES string of the molecule is CCCCN(C)c1nc(NN)ccc1[N+](=O)[O-]. The highest BCUT2D eigenvalue weighted by Gasteiger charge is 2.19. The van der Waals surface area contributed by atoms with E-state index < -0.39 is 4.92 Å². The molecule has 17 heavy (non-hydrogen) atoms. The molecule has 0 unspecified atom stereocenters. The Hall–Kier alpha value is -1.89. The van der Waals surface area contributed by atoms with E-state index in [1.54, 1.807) is 11.9 Å². The molecule has 0 aliphatic carbocycles. The van der Waals surface area contributed by atoms with Crippen LogP contribution in [0.3, 0.4) is 0 Å². The first-order valence-electron chi connectivity index (χ1n) is 5.43. The molecule has 0 bridgehead atoms. The van der Waals surface area contributed by atoms with Gasteiger partial charge in [0.05, 0.1) is 4.92 Å². The first kappa shape index (κ1) is 13.2. The van der Waals surface area contributed by atoms with E-state index in [0.717, 1.165) is 19.4 Å². The predicted octanol–water partition coefficient (Wildman–Crippen LogP) is 1.51. The number of anilines is 2. The number of aromatic nitrogens is 1. The molecular weight excluding hydrogens is 222 g/mol. The number of rotatable bonds is 6. The van der Waals surface area contributed by atoms with Gasteiger partial charge in [-0.3, -0.25) is 10.1 Å². The number of nitro groups is 1. The molecule has 0 aliphatic heterocycles. The quantitative estimate of drug-likeness (QED) is 0.443. The zero-order valence-corrected chi connectivity index (χ0v) is 10.0. The maximum atomic E-state index is 10.9. The molecule has 1 aromatic rings. The van der Waals surface area contributed by atoms with Gasteiger partial charge in [0.2, 0.25) is 5.82 Å². The zero-order valence-electron chi connectivity index (χ0n) is 10.0. The molecule has 0 spiro atoms. The number of hydrogen-bond acceptors (Lipinski definition) is 6. The molecule has 7 nitrogen and oxygen atoms in total. The van der Waals surface area contributed by atoms with Crippen LogP contribution in [0.25, 0.3) is 0 Å². The molecule has 0 aromatic carbocycles. The van der Waals surface area contributed by atoms with Crippen LogP contribution < -0.4 is 16.2 Å². The summed E-state index contributed by atoms with van der Waals surface area (Å²) < 4.78 is 0. The van der Waals surface area contributed by atoms with Crippen molar-refractivity contribution >= 4 is 17.3 Å². The third kappa shape index (κ3) is 3.28. The highest BCUT2D eigenvalue weighted by Crippen LogP contribution is 2.26. The van der Waals surface area contributed by atoms with Crippen molar-refractivity contribution in [3.05, 3.63) is 22.2 Å². The summed E-state index contributed by atoms with van der Waals surface area (Å²) in [4.78, 5) is 16.3. The van der Waals surface area contributed by atoms with Crippen molar-refractivity contribution in [1.82, 2.24) is 4.98 Å². The predicted molar refractivity (Wildman–Crippen MR) is 66.9 cm³/mol. The molecule has 94 valence electrons. The first-order chi connectivity index (χ1) is 8.10. The largest absolute Gasteiger partial charge is 0.354 e. The Labute approximate surface area is 99.7 Å². The normalized spacial score (nSPS) is 10.1. The van der Waals surface area contributed by atoms with Crippen LogP contribution in [0.5, 0.6) is 0 Å². The molecule has 0 atom stereocenters. The van der Waals surface area contributed by atoms with Crippen molar-refractivity contribution in [3.63, 3.8) is 0 Å². The van der Waals surface area contributed by atoms with Gasteiger partial charge in [-0.05, 0) is 12.5 Å². The molecule has 0 saturated heterocycles. The molecule has 1 rings (SSSR count). The lowest BCUT2D eigenvalue weighted by Gasteiger charge is -2.18. The van der Waals surface area contributed by atoms with Crippen LogP contribution in [0, 0.1) is 10.1 Å². The topological polar surface area (TPSA) is 97.3 Å². The molecule has 1 aromatic heterocycles. The number of nitrogens with zero attached hydrogens (tertiary/aromatic N) is 3. The zero-order chi connectivity index (χ0) is 12.8. The fraction of sp³-hybridized carbons (Fsp3) is 0.500. The molecule has 0 fully saturated rings. The summed E-state index contributed by atoms with van der Waals surface area (Å²) in [6.07, 6.45) is 1.97. The van der Waals surface area contributed by atoms with E-state index in [9.17, 15) is 10.1 Å². The minimum Gasteiger partial charge on any atom is -0.354 e. The summed E-state index contributed by atoms with van der Waals surface area (Å²) in [7, 11) is 1.78. The average molecular weight is 239 g/mol. The van der Waals surface area contributed by atoms with Gasteiger partial charge in [0.15, 0.2) is 0 Å². The van der Waals surface area contributed by atoms with Crippen molar-refractivity contribution in [2.75, 3.05) is 23.9 Å². The summed E-state index contributed by atoms with van der Waals surface area (Å²) in [5, 5.41) is 10.9. The molecule has 0 amide bonds. The van der Waals surface area contributed by atoms with E-state index >= 15 is 0 Å². The number of unbranched alkanes of at least 4 members (excludes halogenated alkanes) is 1. The van der Waals surface area contributed by atoms with Gasteiger partial charge in [-0.25, -0.2) is 10.8 Å². The smallest absolute Gasteiger partial charge is 0.311 e. The second-order valence-corrected chi connectivity index (χ2v) is 3.72. The van der Waals surface area contributed by atoms with Gasteiger partial charge in [-0.2, -0.15) is 0 Å². The lowest BCUT2D eigenvalue weighted by Crippen LogP contribution is -2.21.